The van der Waals surface area contributed by atoms with Gasteiger partial charge in [0.05, 0.1) is 4.90 Å². The number of hydrogen-bond donors (Lipinski definition) is 1. The number of aryl methyl sites for hydroxylation is 1. The predicted molar refractivity (Wildman–Crippen MR) is 72.4 cm³/mol. The Balaban J connectivity index is 3.06. The molecule has 18 heavy (non-hydrogen) atoms. The van der Waals surface area contributed by atoms with E-state index in [9.17, 15) is 13.2 Å². The summed E-state index contributed by atoms with van der Waals surface area (Å²) in [5.74, 6) is -0.183. The van der Waals surface area contributed by atoms with Crippen molar-refractivity contribution in [1.82, 2.24) is 0 Å². The maximum absolute atomic E-state index is 11.8. The lowest BCUT2D eigenvalue weighted by Gasteiger charge is -2.13. The molecule has 0 aromatic heterocycles. The van der Waals surface area contributed by atoms with E-state index in [1.807, 2.05) is 20.8 Å². The fourth-order valence-corrected chi connectivity index (χ4v) is 2.05. The van der Waals surface area contributed by atoms with E-state index in [1.165, 1.54) is 6.07 Å². The molecule has 0 aliphatic heterocycles. The standard InChI is InChI=1S/C13H19NO3S/c1-5-9(2)13(15)14-12-8-11(18(4,16)17)7-6-10(12)3/h6-9H,5H2,1-4H3,(H,14,15). The number of rotatable bonds is 4. The molecule has 0 spiro atoms. The minimum absolute atomic E-state index is 0.0914. The molecule has 1 amide bonds. The highest BCUT2D eigenvalue weighted by Gasteiger charge is 2.14. The first-order chi connectivity index (χ1) is 8.25. The maximum Gasteiger partial charge on any atom is 0.227 e. The van der Waals surface area contributed by atoms with Crippen LogP contribution in [0.5, 0.6) is 0 Å². The van der Waals surface area contributed by atoms with Crippen molar-refractivity contribution in [2.45, 2.75) is 32.1 Å². The van der Waals surface area contributed by atoms with Crippen LogP contribution < -0.4 is 5.32 Å². The predicted octanol–water partition coefficient (Wildman–Crippen LogP) is 2.38. The Morgan fingerprint density at radius 2 is 2.00 bits per heavy atom. The van der Waals surface area contributed by atoms with Gasteiger partial charge in [-0.3, -0.25) is 4.79 Å². The van der Waals surface area contributed by atoms with Crippen LogP contribution in [0.1, 0.15) is 25.8 Å². The SMILES string of the molecule is CCC(C)C(=O)Nc1cc(S(C)(=O)=O)ccc1C. The largest absolute Gasteiger partial charge is 0.326 e. The van der Waals surface area contributed by atoms with Gasteiger partial charge >= 0.3 is 0 Å². The Bertz CT molecular complexity index is 549. The first-order valence-corrected chi connectivity index (χ1v) is 7.76. The zero-order chi connectivity index (χ0) is 13.9. The third-order valence-electron chi connectivity index (χ3n) is 2.96. The van der Waals surface area contributed by atoms with E-state index >= 15 is 0 Å². The quantitative estimate of drug-likeness (QED) is 0.912. The fraction of sp³-hybridized carbons (Fsp3) is 0.462. The van der Waals surface area contributed by atoms with Gasteiger partial charge in [0.25, 0.3) is 0 Å². The lowest BCUT2D eigenvalue weighted by Crippen LogP contribution is -2.20. The van der Waals surface area contributed by atoms with Gasteiger partial charge in [0.15, 0.2) is 9.84 Å². The highest BCUT2D eigenvalue weighted by molar-refractivity contribution is 7.90. The number of amides is 1. The molecule has 0 bridgehead atoms. The molecule has 0 saturated carbocycles. The second-order valence-electron chi connectivity index (χ2n) is 4.55. The molecule has 0 fully saturated rings. The first kappa shape index (κ1) is 14.7. The van der Waals surface area contributed by atoms with Crippen LogP contribution in [0.3, 0.4) is 0 Å². The number of carbonyl (C=O) groups excluding carboxylic acids is 1. The zero-order valence-electron chi connectivity index (χ0n) is 11.1. The average molecular weight is 269 g/mol. The van der Waals surface area contributed by atoms with Crippen molar-refractivity contribution >= 4 is 21.4 Å². The number of hydrogen-bond acceptors (Lipinski definition) is 3. The molecule has 0 radical (unpaired) electrons. The van der Waals surface area contributed by atoms with Gasteiger partial charge in [-0.25, -0.2) is 8.42 Å². The van der Waals surface area contributed by atoms with Crippen molar-refractivity contribution in [3.63, 3.8) is 0 Å². The first-order valence-electron chi connectivity index (χ1n) is 5.87. The number of anilines is 1. The van der Waals surface area contributed by atoms with Crippen LogP contribution in [0.4, 0.5) is 5.69 Å². The van der Waals surface area contributed by atoms with Gasteiger partial charge in [-0.1, -0.05) is 19.9 Å². The molecule has 100 valence electrons. The highest BCUT2D eigenvalue weighted by Crippen LogP contribution is 2.21. The van der Waals surface area contributed by atoms with Crippen LogP contribution in [0.2, 0.25) is 0 Å². The van der Waals surface area contributed by atoms with Crippen LogP contribution in [-0.4, -0.2) is 20.6 Å². The Morgan fingerprint density at radius 3 is 2.50 bits per heavy atom. The third kappa shape index (κ3) is 3.57. The lowest BCUT2D eigenvalue weighted by molar-refractivity contribution is -0.119. The third-order valence-corrected chi connectivity index (χ3v) is 4.07. The van der Waals surface area contributed by atoms with Gasteiger partial charge in [0.1, 0.15) is 0 Å². The summed E-state index contributed by atoms with van der Waals surface area (Å²) in [6, 6.07) is 4.75. The van der Waals surface area contributed by atoms with Crippen LogP contribution in [0.15, 0.2) is 23.1 Å². The molecule has 1 aromatic rings. The molecule has 1 unspecified atom stereocenters. The summed E-state index contributed by atoms with van der Waals surface area (Å²) >= 11 is 0. The fourth-order valence-electron chi connectivity index (χ4n) is 1.41. The number of benzene rings is 1. The molecule has 0 saturated heterocycles. The van der Waals surface area contributed by atoms with Gasteiger partial charge in [-0.2, -0.15) is 0 Å². The number of carbonyl (C=O) groups is 1. The van der Waals surface area contributed by atoms with Crippen LogP contribution in [0, 0.1) is 12.8 Å². The summed E-state index contributed by atoms with van der Waals surface area (Å²) in [7, 11) is -3.25. The van der Waals surface area contributed by atoms with Crippen molar-refractivity contribution in [3.05, 3.63) is 23.8 Å². The monoisotopic (exact) mass is 269 g/mol. The van der Waals surface area contributed by atoms with Crippen LogP contribution in [0.25, 0.3) is 0 Å². The summed E-state index contributed by atoms with van der Waals surface area (Å²) in [6.07, 6.45) is 1.90. The lowest BCUT2D eigenvalue weighted by atomic mass is 10.1. The second kappa shape index (κ2) is 5.52. The van der Waals surface area contributed by atoms with E-state index in [4.69, 9.17) is 0 Å². The van der Waals surface area contributed by atoms with Crippen molar-refractivity contribution in [1.29, 1.82) is 0 Å². The molecule has 4 nitrogen and oxygen atoms in total. The second-order valence-corrected chi connectivity index (χ2v) is 6.56. The van der Waals surface area contributed by atoms with E-state index in [0.717, 1.165) is 18.2 Å². The average Bonchev–Trinajstić information content (AvgIpc) is 2.29. The van der Waals surface area contributed by atoms with Crippen molar-refractivity contribution in [2.24, 2.45) is 5.92 Å². The summed E-state index contributed by atoms with van der Waals surface area (Å²) in [6.45, 7) is 5.60. The zero-order valence-corrected chi connectivity index (χ0v) is 12.0. The van der Waals surface area contributed by atoms with Crippen molar-refractivity contribution < 1.29 is 13.2 Å². The molecule has 0 aliphatic rings. The smallest absolute Gasteiger partial charge is 0.227 e. The van der Waals surface area contributed by atoms with E-state index in [2.05, 4.69) is 5.32 Å². The summed E-state index contributed by atoms with van der Waals surface area (Å²) in [5, 5.41) is 2.77. The Kier molecular flexibility index (Phi) is 4.51. The molecule has 1 aromatic carbocycles. The highest BCUT2D eigenvalue weighted by atomic mass is 32.2. The normalized spacial score (nSPS) is 13.1. The molecule has 1 rings (SSSR count). The van der Waals surface area contributed by atoms with E-state index in [0.29, 0.717) is 5.69 Å². The van der Waals surface area contributed by atoms with Gasteiger partial charge in [-0.05, 0) is 31.0 Å². The van der Waals surface area contributed by atoms with Gasteiger partial charge < -0.3 is 5.32 Å². The van der Waals surface area contributed by atoms with Crippen molar-refractivity contribution in [2.75, 3.05) is 11.6 Å². The van der Waals surface area contributed by atoms with Crippen molar-refractivity contribution in [3.8, 4) is 0 Å². The van der Waals surface area contributed by atoms with Crippen LogP contribution >= 0.6 is 0 Å². The van der Waals surface area contributed by atoms with E-state index in [1.54, 1.807) is 12.1 Å². The minimum Gasteiger partial charge on any atom is -0.326 e. The Hall–Kier alpha value is -1.36. The Morgan fingerprint density at radius 1 is 1.39 bits per heavy atom. The molecule has 1 N–H and O–H groups in total. The molecule has 0 aliphatic carbocycles. The van der Waals surface area contributed by atoms with Gasteiger partial charge in [0, 0.05) is 17.9 Å². The molecule has 0 heterocycles. The summed E-state index contributed by atoms with van der Waals surface area (Å²) < 4.78 is 22.9. The van der Waals surface area contributed by atoms with E-state index in [-0.39, 0.29) is 16.7 Å². The molecule has 5 heteroatoms. The Labute approximate surface area is 108 Å². The van der Waals surface area contributed by atoms with E-state index < -0.39 is 9.84 Å². The molecular weight excluding hydrogens is 250 g/mol. The minimum atomic E-state index is -3.25. The summed E-state index contributed by atoms with van der Waals surface area (Å²) in [4.78, 5) is 12.0. The maximum atomic E-state index is 11.8. The van der Waals surface area contributed by atoms with Gasteiger partial charge in [0.2, 0.25) is 5.91 Å². The summed E-state index contributed by atoms with van der Waals surface area (Å²) in [5.41, 5.74) is 1.40. The van der Waals surface area contributed by atoms with Crippen LogP contribution in [-0.2, 0) is 14.6 Å². The number of sulfone groups is 1. The molecular formula is C13H19NO3S. The topological polar surface area (TPSA) is 63.2 Å². The van der Waals surface area contributed by atoms with Gasteiger partial charge in [-0.15, -0.1) is 0 Å². The molecule has 1 atom stereocenters. The number of nitrogens with one attached hydrogen (secondary N) is 1.